The molecular weight excluding hydrogens is 282 g/mol. The molecule has 22 heavy (non-hydrogen) atoms. The van der Waals surface area contributed by atoms with Gasteiger partial charge in [-0.2, -0.15) is 0 Å². The molecule has 0 bridgehead atoms. The molecule has 1 aliphatic rings. The van der Waals surface area contributed by atoms with Crippen molar-refractivity contribution in [1.82, 2.24) is 25.1 Å². The Labute approximate surface area is 128 Å². The SMILES string of the molecule is O=C(CCCn1cnnn1)N1CC[C@H](Oc2ccccc2)C1. The number of tetrazole rings is 1. The number of amides is 1. The van der Waals surface area contributed by atoms with Crippen molar-refractivity contribution in [1.29, 1.82) is 0 Å². The third kappa shape index (κ3) is 3.81. The van der Waals surface area contributed by atoms with Gasteiger partial charge in [0.1, 0.15) is 18.2 Å². The summed E-state index contributed by atoms with van der Waals surface area (Å²) in [7, 11) is 0. The fraction of sp³-hybridized carbons (Fsp3) is 0.467. The van der Waals surface area contributed by atoms with Crippen LogP contribution in [0.4, 0.5) is 0 Å². The highest BCUT2D eigenvalue weighted by Gasteiger charge is 2.27. The Morgan fingerprint density at radius 1 is 1.32 bits per heavy atom. The molecule has 1 atom stereocenters. The van der Waals surface area contributed by atoms with Gasteiger partial charge in [0.15, 0.2) is 0 Å². The molecule has 7 heteroatoms. The average molecular weight is 301 g/mol. The van der Waals surface area contributed by atoms with Gasteiger partial charge in [0.25, 0.3) is 0 Å². The van der Waals surface area contributed by atoms with Crippen molar-refractivity contribution < 1.29 is 9.53 Å². The van der Waals surface area contributed by atoms with Crippen LogP contribution in [0.5, 0.6) is 5.75 Å². The van der Waals surface area contributed by atoms with Crippen molar-refractivity contribution in [3.05, 3.63) is 36.7 Å². The van der Waals surface area contributed by atoms with Crippen LogP contribution < -0.4 is 4.74 Å². The molecule has 0 N–H and O–H groups in total. The van der Waals surface area contributed by atoms with Crippen molar-refractivity contribution in [3.8, 4) is 5.75 Å². The van der Waals surface area contributed by atoms with Gasteiger partial charge >= 0.3 is 0 Å². The number of likely N-dealkylation sites (tertiary alicyclic amines) is 1. The van der Waals surface area contributed by atoms with Crippen LogP contribution in [-0.4, -0.2) is 50.2 Å². The molecule has 1 aromatic heterocycles. The summed E-state index contributed by atoms with van der Waals surface area (Å²) < 4.78 is 7.53. The Hall–Kier alpha value is -2.44. The van der Waals surface area contributed by atoms with Crippen molar-refractivity contribution >= 4 is 5.91 Å². The first kappa shape index (κ1) is 14.5. The minimum atomic E-state index is 0.0888. The van der Waals surface area contributed by atoms with Gasteiger partial charge in [0.05, 0.1) is 6.54 Å². The maximum absolute atomic E-state index is 12.2. The van der Waals surface area contributed by atoms with Crippen LogP contribution in [0.3, 0.4) is 0 Å². The summed E-state index contributed by atoms with van der Waals surface area (Å²) in [5.74, 6) is 1.03. The second kappa shape index (κ2) is 7.02. The van der Waals surface area contributed by atoms with Crippen LogP contribution in [0.2, 0.25) is 0 Å². The number of aromatic nitrogens is 4. The standard InChI is InChI=1S/C15H19N5O2/c21-15(7-4-9-20-12-16-17-18-20)19-10-8-14(11-19)22-13-5-2-1-3-6-13/h1-3,5-6,12,14H,4,7-11H2/t14-/m0/s1. The van der Waals surface area contributed by atoms with Gasteiger partial charge in [-0.05, 0) is 29.0 Å². The predicted octanol–water partition coefficient (Wildman–Crippen LogP) is 1.13. The molecule has 1 amide bonds. The van der Waals surface area contributed by atoms with Crippen molar-refractivity contribution in [2.24, 2.45) is 0 Å². The molecule has 0 unspecified atom stereocenters. The second-order valence-electron chi connectivity index (χ2n) is 5.36. The summed E-state index contributed by atoms with van der Waals surface area (Å²) in [6.07, 6.45) is 3.78. The number of benzene rings is 1. The molecule has 1 fully saturated rings. The van der Waals surface area contributed by atoms with Gasteiger partial charge in [-0.15, -0.1) is 5.10 Å². The normalized spacial score (nSPS) is 17.6. The summed E-state index contributed by atoms with van der Waals surface area (Å²) in [6.45, 7) is 2.09. The molecule has 1 aromatic carbocycles. The fourth-order valence-electron chi connectivity index (χ4n) is 2.58. The van der Waals surface area contributed by atoms with E-state index >= 15 is 0 Å². The van der Waals surface area contributed by atoms with Gasteiger partial charge in [0.2, 0.25) is 5.91 Å². The zero-order chi connectivity index (χ0) is 15.2. The minimum absolute atomic E-state index is 0.0888. The lowest BCUT2D eigenvalue weighted by atomic mass is 10.3. The smallest absolute Gasteiger partial charge is 0.222 e. The largest absolute Gasteiger partial charge is 0.489 e. The zero-order valence-electron chi connectivity index (χ0n) is 12.3. The Bertz CT molecular complexity index is 587. The van der Waals surface area contributed by atoms with Crippen LogP contribution in [0, 0.1) is 0 Å². The van der Waals surface area contributed by atoms with Crippen LogP contribution in [0.25, 0.3) is 0 Å². The van der Waals surface area contributed by atoms with Gasteiger partial charge in [-0.25, -0.2) is 4.68 Å². The zero-order valence-corrected chi connectivity index (χ0v) is 12.3. The lowest BCUT2D eigenvalue weighted by Gasteiger charge is -2.17. The molecule has 3 rings (SSSR count). The Balaban J connectivity index is 1.41. The number of carbonyl (C=O) groups excluding carboxylic acids is 1. The van der Waals surface area contributed by atoms with E-state index in [-0.39, 0.29) is 12.0 Å². The summed E-state index contributed by atoms with van der Waals surface area (Å²) >= 11 is 0. The van der Waals surface area contributed by atoms with E-state index in [1.54, 1.807) is 11.0 Å². The molecule has 0 spiro atoms. The highest BCUT2D eigenvalue weighted by molar-refractivity contribution is 5.76. The van der Waals surface area contributed by atoms with E-state index in [1.807, 2.05) is 35.2 Å². The molecule has 7 nitrogen and oxygen atoms in total. The Morgan fingerprint density at radius 2 is 2.18 bits per heavy atom. The maximum Gasteiger partial charge on any atom is 0.222 e. The number of nitrogens with zero attached hydrogens (tertiary/aromatic N) is 5. The molecule has 2 aromatic rings. The third-order valence-corrected chi connectivity index (χ3v) is 3.71. The Morgan fingerprint density at radius 3 is 2.95 bits per heavy atom. The first-order valence-electron chi connectivity index (χ1n) is 7.51. The fourth-order valence-corrected chi connectivity index (χ4v) is 2.58. The first-order chi connectivity index (χ1) is 10.8. The number of para-hydroxylation sites is 1. The van der Waals surface area contributed by atoms with E-state index in [4.69, 9.17) is 4.74 Å². The molecular formula is C15H19N5O2. The lowest BCUT2D eigenvalue weighted by molar-refractivity contribution is -0.130. The quantitative estimate of drug-likeness (QED) is 0.800. The predicted molar refractivity (Wildman–Crippen MR) is 79.1 cm³/mol. The van der Waals surface area contributed by atoms with Crippen LogP contribution in [0.1, 0.15) is 19.3 Å². The van der Waals surface area contributed by atoms with Crippen LogP contribution in [0.15, 0.2) is 36.7 Å². The molecule has 1 aliphatic heterocycles. The number of hydrogen-bond donors (Lipinski definition) is 0. The van der Waals surface area contributed by atoms with Gasteiger partial charge in [0, 0.05) is 25.9 Å². The molecule has 2 heterocycles. The molecule has 116 valence electrons. The van der Waals surface area contributed by atoms with Gasteiger partial charge in [-0.3, -0.25) is 4.79 Å². The summed E-state index contributed by atoms with van der Waals surface area (Å²) in [5.41, 5.74) is 0. The van der Waals surface area contributed by atoms with E-state index < -0.39 is 0 Å². The number of aryl methyl sites for hydroxylation is 1. The van der Waals surface area contributed by atoms with E-state index in [0.29, 0.717) is 19.5 Å². The summed E-state index contributed by atoms with van der Waals surface area (Å²) in [5, 5.41) is 10.9. The summed E-state index contributed by atoms with van der Waals surface area (Å²) in [4.78, 5) is 14.1. The lowest BCUT2D eigenvalue weighted by Crippen LogP contribution is -2.30. The second-order valence-corrected chi connectivity index (χ2v) is 5.36. The van der Waals surface area contributed by atoms with E-state index in [1.165, 1.54) is 0 Å². The highest BCUT2D eigenvalue weighted by atomic mass is 16.5. The number of rotatable bonds is 6. The molecule has 0 saturated carbocycles. The average Bonchev–Trinajstić information content (AvgIpc) is 3.20. The van der Waals surface area contributed by atoms with Crippen molar-refractivity contribution in [3.63, 3.8) is 0 Å². The van der Waals surface area contributed by atoms with E-state index in [2.05, 4.69) is 15.5 Å². The maximum atomic E-state index is 12.2. The van der Waals surface area contributed by atoms with Gasteiger partial charge < -0.3 is 9.64 Å². The van der Waals surface area contributed by atoms with Gasteiger partial charge in [-0.1, -0.05) is 18.2 Å². The monoisotopic (exact) mass is 301 g/mol. The number of ether oxygens (including phenoxy) is 1. The Kier molecular flexibility index (Phi) is 4.62. The van der Waals surface area contributed by atoms with Crippen LogP contribution in [-0.2, 0) is 11.3 Å². The van der Waals surface area contributed by atoms with E-state index in [0.717, 1.165) is 25.1 Å². The van der Waals surface area contributed by atoms with Crippen molar-refractivity contribution in [2.75, 3.05) is 13.1 Å². The van der Waals surface area contributed by atoms with Crippen molar-refractivity contribution in [2.45, 2.75) is 31.9 Å². The summed E-state index contributed by atoms with van der Waals surface area (Å²) in [6, 6.07) is 9.74. The molecule has 0 aliphatic carbocycles. The highest BCUT2D eigenvalue weighted by Crippen LogP contribution is 2.18. The number of hydrogen-bond acceptors (Lipinski definition) is 5. The molecule has 1 saturated heterocycles. The third-order valence-electron chi connectivity index (χ3n) is 3.71. The minimum Gasteiger partial charge on any atom is -0.489 e. The van der Waals surface area contributed by atoms with Crippen LogP contribution >= 0.6 is 0 Å². The topological polar surface area (TPSA) is 73.1 Å². The number of carbonyl (C=O) groups is 1. The molecule has 0 radical (unpaired) electrons. The van der Waals surface area contributed by atoms with E-state index in [9.17, 15) is 4.79 Å². The first-order valence-corrected chi connectivity index (χ1v) is 7.51.